The van der Waals surface area contributed by atoms with Crippen molar-refractivity contribution in [3.05, 3.63) is 30.1 Å². The van der Waals surface area contributed by atoms with Crippen LogP contribution in [0, 0.1) is 5.82 Å². The molecule has 1 amide bonds. The van der Waals surface area contributed by atoms with Crippen molar-refractivity contribution in [1.29, 1.82) is 0 Å². The van der Waals surface area contributed by atoms with Crippen molar-refractivity contribution in [2.45, 2.75) is 25.5 Å². The monoisotopic (exact) mass is 299 g/mol. The van der Waals surface area contributed by atoms with Gasteiger partial charge in [-0.1, -0.05) is 12.1 Å². The molecule has 21 heavy (non-hydrogen) atoms. The van der Waals surface area contributed by atoms with Gasteiger partial charge in [-0.05, 0) is 26.0 Å². The van der Waals surface area contributed by atoms with Gasteiger partial charge in [0.2, 0.25) is 0 Å². The Morgan fingerprint density at radius 1 is 1.43 bits per heavy atom. The summed E-state index contributed by atoms with van der Waals surface area (Å²) in [5.41, 5.74) is -1.58. The zero-order chi connectivity index (χ0) is 16.0. The highest BCUT2D eigenvalue weighted by Crippen LogP contribution is 2.17. The average Bonchev–Trinajstić information content (AvgIpc) is 2.41. The van der Waals surface area contributed by atoms with Crippen LogP contribution in [0.3, 0.4) is 0 Å². The average molecular weight is 299 g/mol. The molecular weight excluding hydrogens is 281 g/mol. The molecule has 116 valence electrons. The molecule has 0 aromatic heterocycles. The first kappa shape index (κ1) is 16.9. The first-order chi connectivity index (χ1) is 9.80. The lowest BCUT2D eigenvalue weighted by atomic mass is 10.0. The van der Waals surface area contributed by atoms with E-state index in [9.17, 15) is 14.0 Å². The van der Waals surface area contributed by atoms with Crippen molar-refractivity contribution in [3.8, 4) is 5.75 Å². The Morgan fingerprint density at radius 3 is 2.57 bits per heavy atom. The van der Waals surface area contributed by atoms with E-state index in [0.717, 1.165) is 0 Å². The number of amides is 1. The molecule has 6 nitrogen and oxygen atoms in total. The van der Waals surface area contributed by atoms with Crippen LogP contribution in [0.2, 0.25) is 0 Å². The Bertz CT molecular complexity index is 522. The Labute approximate surface area is 121 Å². The summed E-state index contributed by atoms with van der Waals surface area (Å²) in [6.07, 6.45) is -1.06. The molecular formula is C14H18FNO5. The van der Waals surface area contributed by atoms with Gasteiger partial charge in [0.15, 0.2) is 23.2 Å². The van der Waals surface area contributed by atoms with Crippen molar-refractivity contribution < 1.29 is 28.6 Å². The standard InChI is InChI=1S/C14H18FNO5/c1-9(21-11-7-5-4-6-10(11)15)12(17)16-14(2,8-20-3)13(18)19/h4-7,9H,8H2,1-3H3,(H,16,17)(H,18,19). The lowest BCUT2D eigenvalue weighted by Crippen LogP contribution is -2.57. The molecule has 0 aliphatic carbocycles. The van der Waals surface area contributed by atoms with E-state index in [1.807, 2.05) is 0 Å². The van der Waals surface area contributed by atoms with Crippen LogP contribution in [0.4, 0.5) is 4.39 Å². The van der Waals surface area contributed by atoms with E-state index in [0.29, 0.717) is 0 Å². The van der Waals surface area contributed by atoms with Crippen molar-refractivity contribution in [1.82, 2.24) is 5.32 Å². The minimum atomic E-state index is -1.58. The molecule has 7 heteroatoms. The maximum atomic E-state index is 13.4. The second-order valence-electron chi connectivity index (χ2n) is 4.75. The van der Waals surface area contributed by atoms with Crippen LogP contribution in [0.1, 0.15) is 13.8 Å². The van der Waals surface area contributed by atoms with Crippen LogP contribution >= 0.6 is 0 Å². The normalized spacial score (nSPS) is 14.9. The zero-order valence-corrected chi connectivity index (χ0v) is 12.1. The summed E-state index contributed by atoms with van der Waals surface area (Å²) in [5.74, 6) is -2.60. The number of rotatable bonds is 7. The predicted octanol–water partition coefficient (Wildman–Crippen LogP) is 1.20. The number of carbonyl (C=O) groups excluding carboxylic acids is 1. The molecule has 0 saturated heterocycles. The van der Waals surface area contributed by atoms with E-state index in [4.69, 9.17) is 14.6 Å². The van der Waals surface area contributed by atoms with Crippen LogP contribution < -0.4 is 10.1 Å². The Morgan fingerprint density at radius 2 is 2.05 bits per heavy atom. The number of halogens is 1. The molecule has 2 unspecified atom stereocenters. The van der Waals surface area contributed by atoms with Crippen LogP contribution in [0.5, 0.6) is 5.75 Å². The van der Waals surface area contributed by atoms with Crippen molar-refractivity contribution in [2.75, 3.05) is 13.7 Å². The van der Waals surface area contributed by atoms with Gasteiger partial charge >= 0.3 is 5.97 Å². The fourth-order valence-electron chi connectivity index (χ4n) is 1.60. The number of carboxylic acids is 1. The predicted molar refractivity (Wildman–Crippen MR) is 72.5 cm³/mol. The first-order valence-electron chi connectivity index (χ1n) is 6.25. The second kappa shape index (κ2) is 7.03. The molecule has 0 aliphatic heterocycles. The summed E-state index contributed by atoms with van der Waals surface area (Å²) in [6, 6.07) is 5.64. The fraction of sp³-hybridized carbons (Fsp3) is 0.429. The van der Waals surface area contributed by atoms with Gasteiger partial charge in [0, 0.05) is 7.11 Å². The van der Waals surface area contributed by atoms with Crippen LogP contribution in [-0.4, -0.2) is 42.3 Å². The highest BCUT2D eigenvalue weighted by atomic mass is 19.1. The number of hydrogen-bond acceptors (Lipinski definition) is 4. The summed E-state index contributed by atoms with van der Waals surface area (Å²) in [4.78, 5) is 23.2. The van der Waals surface area contributed by atoms with Crippen molar-refractivity contribution >= 4 is 11.9 Å². The molecule has 0 radical (unpaired) electrons. The molecule has 1 rings (SSSR count). The summed E-state index contributed by atoms with van der Waals surface area (Å²) >= 11 is 0. The molecule has 0 fully saturated rings. The molecule has 0 saturated carbocycles. The third-order valence-corrected chi connectivity index (χ3v) is 2.81. The molecule has 1 aromatic rings. The number of para-hydroxylation sites is 1. The SMILES string of the molecule is COCC(C)(NC(=O)C(C)Oc1ccccc1F)C(=O)O. The van der Waals surface area contributed by atoms with E-state index in [2.05, 4.69) is 5.32 Å². The molecule has 0 bridgehead atoms. The van der Waals surface area contributed by atoms with E-state index in [-0.39, 0.29) is 12.4 Å². The first-order valence-corrected chi connectivity index (χ1v) is 6.25. The fourth-order valence-corrected chi connectivity index (χ4v) is 1.60. The summed E-state index contributed by atoms with van der Waals surface area (Å²) in [5, 5.41) is 11.5. The van der Waals surface area contributed by atoms with E-state index >= 15 is 0 Å². The summed E-state index contributed by atoms with van der Waals surface area (Å²) < 4.78 is 23.4. The van der Waals surface area contributed by atoms with Crippen LogP contribution in [-0.2, 0) is 14.3 Å². The number of ether oxygens (including phenoxy) is 2. The smallest absolute Gasteiger partial charge is 0.331 e. The number of carbonyl (C=O) groups is 2. The number of nitrogens with one attached hydrogen (secondary N) is 1. The lowest BCUT2D eigenvalue weighted by Gasteiger charge is -2.27. The third kappa shape index (κ3) is 4.42. The van der Waals surface area contributed by atoms with Gasteiger partial charge in [-0.25, -0.2) is 9.18 Å². The molecule has 2 N–H and O–H groups in total. The molecule has 0 spiro atoms. The zero-order valence-electron chi connectivity index (χ0n) is 12.1. The van der Waals surface area contributed by atoms with Crippen LogP contribution in [0.15, 0.2) is 24.3 Å². The van der Waals surface area contributed by atoms with Crippen LogP contribution in [0.25, 0.3) is 0 Å². The highest BCUT2D eigenvalue weighted by Gasteiger charge is 2.36. The topological polar surface area (TPSA) is 84.9 Å². The maximum Gasteiger partial charge on any atom is 0.331 e. The van der Waals surface area contributed by atoms with E-state index in [1.54, 1.807) is 6.07 Å². The highest BCUT2D eigenvalue weighted by molar-refractivity contribution is 5.88. The second-order valence-corrected chi connectivity index (χ2v) is 4.75. The Hall–Kier alpha value is -2.15. The minimum absolute atomic E-state index is 0.0797. The minimum Gasteiger partial charge on any atom is -0.479 e. The number of hydrogen-bond donors (Lipinski definition) is 2. The van der Waals surface area contributed by atoms with Gasteiger partial charge in [-0.2, -0.15) is 0 Å². The molecule has 2 atom stereocenters. The number of benzene rings is 1. The van der Waals surface area contributed by atoms with Gasteiger partial charge < -0.3 is 19.9 Å². The molecule has 0 heterocycles. The molecule has 0 aliphatic rings. The van der Waals surface area contributed by atoms with Gasteiger partial charge in [-0.3, -0.25) is 4.79 Å². The lowest BCUT2D eigenvalue weighted by molar-refractivity contribution is -0.150. The van der Waals surface area contributed by atoms with Crippen molar-refractivity contribution in [2.24, 2.45) is 0 Å². The Kier molecular flexibility index (Phi) is 5.66. The largest absolute Gasteiger partial charge is 0.479 e. The van der Waals surface area contributed by atoms with E-state index < -0.39 is 29.3 Å². The molecule has 1 aromatic carbocycles. The van der Waals surface area contributed by atoms with Gasteiger partial charge in [0.05, 0.1) is 6.61 Å². The number of aliphatic carboxylic acids is 1. The van der Waals surface area contributed by atoms with Gasteiger partial charge in [0.1, 0.15) is 0 Å². The quantitative estimate of drug-likeness (QED) is 0.790. The van der Waals surface area contributed by atoms with Gasteiger partial charge in [0.25, 0.3) is 5.91 Å². The Balaban J connectivity index is 2.74. The van der Waals surface area contributed by atoms with Crippen molar-refractivity contribution in [3.63, 3.8) is 0 Å². The number of methoxy groups -OCH3 is 1. The third-order valence-electron chi connectivity index (χ3n) is 2.81. The summed E-state index contributed by atoms with van der Waals surface area (Å²) in [7, 11) is 1.33. The van der Waals surface area contributed by atoms with Gasteiger partial charge in [-0.15, -0.1) is 0 Å². The number of carboxylic acid groups (broad SMARTS) is 1. The maximum absolute atomic E-state index is 13.4. The van der Waals surface area contributed by atoms with E-state index in [1.165, 1.54) is 39.2 Å². The summed E-state index contributed by atoms with van der Waals surface area (Å²) in [6.45, 7) is 2.50.